The van der Waals surface area contributed by atoms with Crippen molar-refractivity contribution < 1.29 is 23.4 Å². The zero-order chi connectivity index (χ0) is 17.0. The molecule has 1 amide bonds. The normalized spacial score (nSPS) is 16.0. The van der Waals surface area contributed by atoms with E-state index < -0.39 is 17.2 Å². The summed E-state index contributed by atoms with van der Waals surface area (Å²) in [5.41, 5.74) is 0.239. The molecule has 22 heavy (non-hydrogen) atoms. The molecular weight excluding hydrogens is 510 g/mol. The van der Waals surface area contributed by atoms with Crippen molar-refractivity contribution in [3.8, 4) is 0 Å². The molecule has 0 saturated carbocycles. The van der Waals surface area contributed by atoms with E-state index in [1.807, 2.05) is 0 Å². The van der Waals surface area contributed by atoms with Gasteiger partial charge in [0.2, 0.25) is 11.3 Å². The van der Waals surface area contributed by atoms with Gasteiger partial charge >= 0.3 is 0 Å². The van der Waals surface area contributed by atoms with Crippen molar-refractivity contribution in [1.29, 1.82) is 0 Å². The number of carbonyl (C=O) groups is 1. The number of allylic oxidation sites excluding steroid dienone is 2. The monoisotopic (exact) mass is 523 g/mol. The van der Waals surface area contributed by atoms with Gasteiger partial charge in [0.15, 0.2) is 0 Å². The molecule has 2 N–H and O–H groups in total. The predicted octanol–water partition coefficient (Wildman–Crippen LogP) is 1.61. The number of hydrogen-bond acceptors (Lipinski definition) is 5. The van der Waals surface area contributed by atoms with Gasteiger partial charge in [-0.15, -0.1) is 0 Å². The Morgan fingerprint density at radius 3 is 2.23 bits per heavy atom. The van der Waals surface area contributed by atoms with Crippen molar-refractivity contribution >= 4 is 63.5 Å². The number of nitrogens with zero attached hydrogens (tertiary/aromatic N) is 1. The van der Waals surface area contributed by atoms with Gasteiger partial charge in [-0.2, -0.15) is 0 Å². The third kappa shape index (κ3) is 4.88. The Morgan fingerprint density at radius 2 is 1.77 bits per heavy atom. The molecule has 0 aromatic rings. The van der Waals surface area contributed by atoms with Crippen LogP contribution >= 0.6 is 47.8 Å². The minimum Gasteiger partial charge on any atom is -0.395 e. The first-order valence-electron chi connectivity index (χ1n) is 6.38. The topological polar surface area (TPSA) is 94.9 Å². The number of hydrogen-bond donors (Lipinski definition) is 2. The number of sulfone groups is 1. The first kappa shape index (κ1) is 20.3. The van der Waals surface area contributed by atoms with E-state index >= 15 is 0 Å². The Bertz CT molecular complexity index is 574. The van der Waals surface area contributed by atoms with Crippen molar-refractivity contribution in [3.05, 3.63) is 22.6 Å². The zero-order valence-electron chi connectivity index (χ0n) is 11.5. The van der Waals surface area contributed by atoms with Gasteiger partial charge < -0.3 is 15.1 Å². The molecule has 0 radical (unpaired) electrons. The second kappa shape index (κ2) is 8.39. The van der Waals surface area contributed by atoms with Gasteiger partial charge in [0.05, 0.1) is 13.2 Å². The van der Waals surface area contributed by atoms with Crippen LogP contribution in [0.2, 0.25) is 0 Å². The lowest BCUT2D eigenvalue weighted by atomic mass is 10.1. The van der Waals surface area contributed by atoms with E-state index in [9.17, 15) is 13.2 Å². The minimum absolute atomic E-state index is 0.0753. The average molecular weight is 526 g/mol. The quantitative estimate of drug-likeness (QED) is 0.514. The molecule has 0 aromatic carbocycles. The first-order chi connectivity index (χ1) is 10.1. The van der Waals surface area contributed by atoms with Gasteiger partial charge in [0.1, 0.15) is 0 Å². The first-order valence-corrected chi connectivity index (χ1v) is 10.2. The fraction of sp³-hybridized carbons (Fsp3) is 0.583. The molecule has 0 unspecified atom stereocenters. The Balaban J connectivity index is 3.07. The van der Waals surface area contributed by atoms with Gasteiger partial charge in [0.25, 0.3) is 5.91 Å². The molecule has 10 heteroatoms. The van der Waals surface area contributed by atoms with Crippen molar-refractivity contribution in [2.45, 2.75) is 14.3 Å². The Kier molecular flexibility index (Phi) is 7.74. The highest BCUT2D eigenvalue weighted by Gasteiger charge is 2.39. The molecule has 0 heterocycles. The van der Waals surface area contributed by atoms with Crippen LogP contribution < -0.4 is 0 Å². The highest BCUT2D eigenvalue weighted by molar-refractivity contribution is 9.42. The number of amides is 1. The third-order valence-electron chi connectivity index (χ3n) is 3.00. The SMILES string of the molecule is O=C(C1=CCCC(S(=O)(=O)C(Br)(Br)Br)=C1)N(CCO)CCO. The van der Waals surface area contributed by atoms with E-state index in [0.29, 0.717) is 12.8 Å². The minimum atomic E-state index is -3.72. The fourth-order valence-corrected chi connectivity index (χ4v) is 4.76. The summed E-state index contributed by atoms with van der Waals surface area (Å²) in [6.45, 7) is -0.319. The molecule has 0 fully saturated rings. The molecule has 126 valence electrons. The Morgan fingerprint density at radius 1 is 1.23 bits per heavy atom. The summed E-state index contributed by atoms with van der Waals surface area (Å²) in [5, 5.41) is 17.9. The summed E-state index contributed by atoms with van der Waals surface area (Å²) in [7, 11) is -3.72. The molecule has 1 aliphatic rings. The molecular formula is C12H16Br3NO5S. The van der Waals surface area contributed by atoms with E-state index in [1.54, 1.807) is 6.08 Å². The van der Waals surface area contributed by atoms with Gasteiger partial charge in [0, 0.05) is 23.6 Å². The Hall–Kier alpha value is 0.260. The third-order valence-corrected chi connectivity index (χ3v) is 8.45. The molecule has 0 spiro atoms. The molecule has 0 bridgehead atoms. The summed E-state index contributed by atoms with van der Waals surface area (Å²) >= 11 is 8.98. The largest absolute Gasteiger partial charge is 0.395 e. The van der Waals surface area contributed by atoms with Crippen molar-refractivity contribution in [2.24, 2.45) is 0 Å². The second-order valence-electron chi connectivity index (χ2n) is 4.50. The van der Waals surface area contributed by atoms with E-state index in [-0.39, 0.29) is 36.8 Å². The molecule has 1 rings (SSSR count). The summed E-state index contributed by atoms with van der Waals surface area (Å²) in [4.78, 5) is 13.8. The van der Waals surface area contributed by atoms with E-state index in [2.05, 4.69) is 47.8 Å². The summed E-state index contributed by atoms with van der Waals surface area (Å²) in [6.07, 6.45) is 3.70. The maximum Gasteiger partial charge on any atom is 0.253 e. The lowest BCUT2D eigenvalue weighted by molar-refractivity contribution is -0.127. The van der Waals surface area contributed by atoms with Crippen LogP contribution in [0.4, 0.5) is 0 Å². The fourth-order valence-electron chi connectivity index (χ4n) is 1.92. The molecule has 1 aliphatic carbocycles. The van der Waals surface area contributed by atoms with Gasteiger partial charge in [-0.25, -0.2) is 8.42 Å². The number of halogens is 3. The van der Waals surface area contributed by atoms with Crippen LogP contribution in [0.15, 0.2) is 22.6 Å². The maximum absolute atomic E-state index is 12.4. The Labute approximate surface area is 154 Å². The van der Waals surface area contributed by atoms with E-state index in [0.717, 1.165) is 0 Å². The van der Waals surface area contributed by atoms with Crippen LogP contribution in [0.25, 0.3) is 0 Å². The van der Waals surface area contributed by atoms with Crippen LogP contribution in [0.5, 0.6) is 0 Å². The molecule has 0 saturated heterocycles. The molecule has 0 aliphatic heterocycles. The van der Waals surface area contributed by atoms with E-state index in [1.165, 1.54) is 11.0 Å². The summed E-state index contributed by atoms with van der Waals surface area (Å²) in [6, 6.07) is 0. The molecule has 0 aromatic heterocycles. The second-order valence-corrected chi connectivity index (χ2v) is 15.0. The van der Waals surface area contributed by atoms with Gasteiger partial charge in [-0.05, 0) is 66.7 Å². The number of aliphatic hydroxyl groups is 2. The van der Waals surface area contributed by atoms with Crippen LogP contribution in [-0.2, 0) is 14.6 Å². The maximum atomic E-state index is 12.4. The highest BCUT2D eigenvalue weighted by Crippen LogP contribution is 2.44. The van der Waals surface area contributed by atoms with Crippen molar-refractivity contribution in [2.75, 3.05) is 26.3 Å². The number of alkyl halides is 3. The highest BCUT2D eigenvalue weighted by atomic mass is 80.0. The van der Waals surface area contributed by atoms with Crippen molar-refractivity contribution in [1.82, 2.24) is 4.90 Å². The lowest BCUT2D eigenvalue weighted by Crippen LogP contribution is -2.37. The smallest absolute Gasteiger partial charge is 0.253 e. The number of rotatable bonds is 6. The van der Waals surface area contributed by atoms with Crippen LogP contribution in [0, 0.1) is 0 Å². The lowest BCUT2D eigenvalue weighted by Gasteiger charge is -2.24. The molecule has 0 atom stereocenters. The summed E-state index contributed by atoms with van der Waals surface area (Å²) < 4.78 is 23.2. The average Bonchev–Trinajstić information content (AvgIpc) is 2.45. The predicted molar refractivity (Wildman–Crippen MR) is 94.6 cm³/mol. The summed E-state index contributed by atoms with van der Waals surface area (Å²) in [5.74, 6) is -0.417. The van der Waals surface area contributed by atoms with Crippen molar-refractivity contribution in [3.63, 3.8) is 0 Å². The van der Waals surface area contributed by atoms with Crippen LogP contribution in [-0.4, -0.2) is 57.2 Å². The molecule has 6 nitrogen and oxygen atoms in total. The number of aliphatic hydroxyl groups excluding tert-OH is 2. The van der Waals surface area contributed by atoms with Gasteiger partial charge in [-0.1, -0.05) is 6.08 Å². The van der Waals surface area contributed by atoms with Gasteiger partial charge in [-0.3, -0.25) is 4.79 Å². The van der Waals surface area contributed by atoms with Crippen LogP contribution in [0.3, 0.4) is 0 Å². The number of carbonyl (C=O) groups excluding carboxylic acids is 1. The standard InChI is InChI=1S/C12H16Br3NO5S/c13-12(14,15)22(20,21)10-3-1-2-9(8-10)11(19)16(4-6-17)5-7-18/h2,8,17-18H,1,3-7H2. The zero-order valence-corrected chi connectivity index (χ0v) is 17.1. The van der Waals surface area contributed by atoms with Crippen LogP contribution in [0.1, 0.15) is 12.8 Å². The van der Waals surface area contributed by atoms with E-state index in [4.69, 9.17) is 10.2 Å².